The Hall–Kier alpha value is -10.2. The zero-order chi connectivity index (χ0) is 80.9. The quantitative estimate of drug-likeness (QED) is 0.0126. The standard InChI is InChI=1S/C73H93N9O30/c1-36-24-46-66(93)81(72(99)107-34-38-10-12-48(42(26-38)62(89)76-16-21-101-4)109-70-58(87)54(83)56(85)60(111-70)68(95)96)44-30-52(50(102-5)28-40(44)64(91)79(46)32-36)105-19-8-7-9-20-106-53-31-45-41(29-51(53)103-6)65(92)80-33-37(2)25-47(80)67(94)82(45)73(100)108-35-39-11-13-49(110-71-59(88)55(84)57(86)61(112-71)69(97)98)43(27-39)63(90)77-17-23-104-22-15-75-14-18-78(3)74/h10-14,18,26-33,46-47,54-61,63,66-67,70-71,75,77,83-88,90,93-94H,7-9,15-17,19-25,34-35,74H2,1-6H3,(H,76,89)(H,95,96)(H,97,98)/b18-14-/t46-,47-,54-,55-,56-,57-,58+,59+,60-,61-,63?,66?,67?,70+,71+/m0/s1. The maximum atomic E-state index is 14.7. The number of aliphatic carboxylic acids is 2. The lowest BCUT2D eigenvalue weighted by molar-refractivity contribution is -0.271. The van der Waals surface area contributed by atoms with E-state index in [1.54, 1.807) is 45.7 Å². The lowest BCUT2D eigenvalue weighted by Gasteiger charge is -2.38. The molecule has 3 unspecified atom stereocenters. The van der Waals surface area contributed by atoms with Crippen LogP contribution in [0.5, 0.6) is 34.5 Å². The van der Waals surface area contributed by atoms with E-state index in [1.165, 1.54) is 96.8 Å². The summed E-state index contributed by atoms with van der Waals surface area (Å²) in [6, 6.07) is 11.4. The van der Waals surface area contributed by atoms with Crippen LogP contribution in [0.25, 0.3) is 0 Å². The zero-order valence-electron chi connectivity index (χ0n) is 61.8. The van der Waals surface area contributed by atoms with Gasteiger partial charge in [0.1, 0.15) is 67.6 Å². The van der Waals surface area contributed by atoms with Crippen LogP contribution in [0.1, 0.15) is 99.9 Å². The fourth-order valence-electron chi connectivity index (χ4n) is 13.2. The van der Waals surface area contributed by atoms with Crippen LogP contribution >= 0.6 is 0 Å². The number of amides is 5. The molecular formula is C73H93N9O30. The molecule has 0 bridgehead atoms. The summed E-state index contributed by atoms with van der Waals surface area (Å²) in [6.07, 6.45) is -19.3. The number of carbonyl (C=O) groups is 7. The van der Waals surface area contributed by atoms with Crippen molar-refractivity contribution in [2.24, 2.45) is 5.84 Å². The van der Waals surface area contributed by atoms with Crippen LogP contribution in [0.3, 0.4) is 0 Å². The molecule has 2 saturated heterocycles. The van der Waals surface area contributed by atoms with Crippen LogP contribution in [0.15, 0.2) is 96.6 Å². The smallest absolute Gasteiger partial charge is 0.416 e. The predicted octanol–water partition coefficient (Wildman–Crippen LogP) is -0.0995. The van der Waals surface area contributed by atoms with Gasteiger partial charge in [0.05, 0.1) is 87.4 Å². The molecular weight excluding hydrogens is 1480 g/mol. The molecule has 6 heterocycles. The van der Waals surface area contributed by atoms with Crippen molar-refractivity contribution in [3.05, 3.63) is 130 Å². The minimum absolute atomic E-state index is 0.00459. The van der Waals surface area contributed by atoms with E-state index in [4.69, 9.17) is 62.7 Å². The van der Waals surface area contributed by atoms with E-state index in [9.17, 15) is 89.7 Å². The molecule has 39 nitrogen and oxygen atoms in total. The number of unbranched alkanes of at least 4 members (excludes halogenated alkanes) is 2. The number of hydrogen-bond donors (Lipinski definition) is 15. The van der Waals surface area contributed by atoms with Gasteiger partial charge in [-0.15, -0.1) is 0 Å². The lowest BCUT2D eigenvalue weighted by atomic mass is 9.99. The first-order valence-corrected chi connectivity index (χ1v) is 35.6. The highest BCUT2D eigenvalue weighted by Gasteiger charge is 2.52. The fraction of sp³-hybridized carbons (Fsp3) is 0.493. The Morgan fingerprint density at radius 2 is 1.07 bits per heavy atom. The van der Waals surface area contributed by atoms with Gasteiger partial charge in [-0.25, -0.2) is 34.8 Å². The molecule has 0 spiro atoms. The van der Waals surface area contributed by atoms with Gasteiger partial charge in [-0.2, -0.15) is 0 Å². The second-order valence-corrected chi connectivity index (χ2v) is 27.0. The Labute approximate surface area is 640 Å². The molecule has 610 valence electrons. The number of nitrogens with zero attached hydrogens (tertiary/aromatic N) is 5. The molecule has 15 atom stereocenters. The Kier molecular flexibility index (Phi) is 28.5. The first-order valence-electron chi connectivity index (χ1n) is 35.6. The predicted molar refractivity (Wildman–Crippen MR) is 385 cm³/mol. The summed E-state index contributed by atoms with van der Waals surface area (Å²) in [5.74, 6) is 0.120. The maximum Gasteiger partial charge on any atom is 0.416 e. The average Bonchev–Trinajstić information content (AvgIpc) is 1.60. The van der Waals surface area contributed by atoms with Crippen molar-refractivity contribution in [1.82, 2.24) is 30.8 Å². The summed E-state index contributed by atoms with van der Waals surface area (Å²) < 4.78 is 68.6. The highest BCUT2D eigenvalue weighted by molar-refractivity contribution is 6.08. The lowest BCUT2D eigenvalue weighted by Crippen LogP contribution is -2.61. The van der Waals surface area contributed by atoms with E-state index in [1.807, 2.05) is 0 Å². The van der Waals surface area contributed by atoms with Crippen molar-refractivity contribution in [3.8, 4) is 34.5 Å². The number of nitrogens with one attached hydrogen (secondary N) is 3. The van der Waals surface area contributed by atoms with E-state index in [-0.39, 0.29) is 138 Å². The van der Waals surface area contributed by atoms with Crippen LogP contribution in [-0.4, -0.2) is 280 Å². The van der Waals surface area contributed by atoms with Gasteiger partial charge in [0.2, 0.25) is 12.6 Å². The number of aliphatic hydroxyl groups is 9. The van der Waals surface area contributed by atoms with Gasteiger partial charge >= 0.3 is 24.1 Å². The first kappa shape index (κ1) is 84.2. The van der Waals surface area contributed by atoms with Crippen molar-refractivity contribution in [2.75, 3.05) is 90.8 Å². The number of anilines is 2. The molecule has 0 aliphatic carbocycles. The summed E-state index contributed by atoms with van der Waals surface area (Å²) in [5.41, 5.74) is 1.17. The van der Waals surface area contributed by atoms with Gasteiger partial charge in [-0.3, -0.25) is 19.7 Å². The molecule has 16 N–H and O–H groups in total. The van der Waals surface area contributed by atoms with E-state index in [2.05, 4.69) is 16.0 Å². The third kappa shape index (κ3) is 19.3. The summed E-state index contributed by atoms with van der Waals surface area (Å²) in [7, 11) is 5.74. The average molecular weight is 1580 g/mol. The van der Waals surface area contributed by atoms with Crippen LogP contribution in [0.4, 0.5) is 21.0 Å². The fourth-order valence-corrected chi connectivity index (χ4v) is 13.2. The van der Waals surface area contributed by atoms with Crippen LogP contribution in [0.2, 0.25) is 0 Å². The van der Waals surface area contributed by atoms with Gasteiger partial charge in [-0.1, -0.05) is 23.3 Å². The molecule has 10 rings (SSSR count). The number of hydrogen-bond acceptors (Lipinski definition) is 32. The van der Waals surface area contributed by atoms with Gasteiger partial charge in [0, 0.05) is 76.3 Å². The van der Waals surface area contributed by atoms with Gasteiger partial charge in [0.15, 0.2) is 47.7 Å². The number of hydrazine groups is 1. The second kappa shape index (κ2) is 37.9. The molecule has 0 aromatic heterocycles. The van der Waals surface area contributed by atoms with Gasteiger partial charge < -0.3 is 138 Å². The van der Waals surface area contributed by atoms with Crippen LogP contribution in [-0.2, 0) is 51.2 Å². The number of carboxylic acids is 2. The van der Waals surface area contributed by atoms with Crippen molar-refractivity contribution >= 4 is 53.2 Å². The number of aliphatic hydroxyl groups excluding tert-OH is 9. The highest BCUT2D eigenvalue weighted by Crippen LogP contribution is 2.45. The first-order chi connectivity index (χ1) is 53.5. The van der Waals surface area contributed by atoms with Crippen molar-refractivity contribution < 1.29 is 147 Å². The number of nitrogens with two attached hydrogens (primary N) is 1. The summed E-state index contributed by atoms with van der Waals surface area (Å²) in [5, 5.41) is 128. The Balaban J connectivity index is 0.819. The molecule has 0 radical (unpaired) electrons. The SMILES string of the molecule is COCCNC(=O)c1cc(COC(=O)N2c3cc(OCCCCCOc4cc5c(cc4OC)C(=O)N4C=C(C)C[C@H]4C(O)N5C(=O)OCc4ccc(O[C@@H]5O[C@H](C(=O)O)[C@@H](O)[C@H](O)[C@H]5O)c(C(O)NCCOCCN/C=C\N(C)N)c4)c(OC)cc3C(=O)N3C=C(C)C[C@H]3C2O)ccc1O[C@@H]1O[C@H](C(=O)O)[C@@H](O)[C@H](O)[C@H]1O. The molecule has 4 aromatic carbocycles. The molecule has 39 heteroatoms. The minimum Gasteiger partial charge on any atom is -0.493 e. The largest absolute Gasteiger partial charge is 0.493 e. The third-order valence-electron chi connectivity index (χ3n) is 18.9. The molecule has 0 saturated carbocycles. The zero-order valence-corrected chi connectivity index (χ0v) is 61.8. The van der Waals surface area contributed by atoms with Crippen LogP contribution < -0.4 is 60.0 Å². The number of carboxylic acid groups (broad SMARTS) is 2. The molecule has 4 aromatic rings. The Morgan fingerprint density at radius 3 is 1.55 bits per heavy atom. The number of ether oxygens (including phenoxy) is 12. The number of methoxy groups -OCH3 is 3. The van der Waals surface area contributed by atoms with E-state index in [0.717, 1.165) is 20.9 Å². The molecule has 2 fully saturated rings. The molecule has 5 amide bonds. The number of carbonyl (C=O) groups excluding carboxylic acids is 5. The topological polar surface area (TPSA) is 531 Å². The number of benzene rings is 4. The Morgan fingerprint density at radius 1 is 0.589 bits per heavy atom. The van der Waals surface area contributed by atoms with E-state index >= 15 is 0 Å². The number of rotatable bonds is 34. The minimum atomic E-state index is -2.03. The summed E-state index contributed by atoms with van der Waals surface area (Å²) >= 11 is 0. The Bertz CT molecular complexity index is 4150. The van der Waals surface area contributed by atoms with Gasteiger partial charge in [-0.05, 0) is 93.5 Å². The van der Waals surface area contributed by atoms with Crippen molar-refractivity contribution in [2.45, 2.75) is 151 Å². The highest BCUT2D eigenvalue weighted by atomic mass is 16.7. The monoisotopic (exact) mass is 1580 g/mol. The molecule has 112 heavy (non-hydrogen) atoms. The molecule has 6 aliphatic heterocycles. The van der Waals surface area contributed by atoms with E-state index < -0.39 is 147 Å². The summed E-state index contributed by atoms with van der Waals surface area (Å²) in [6.45, 7) is 3.37. The number of fused-ring (bicyclic) bond motifs is 4. The normalized spacial score (nSPS) is 24.9. The maximum absolute atomic E-state index is 14.7. The van der Waals surface area contributed by atoms with Crippen molar-refractivity contribution in [1.29, 1.82) is 0 Å². The third-order valence-corrected chi connectivity index (χ3v) is 18.9. The van der Waals surface area contributed by atoms with Gasteiger partial charge in [0.25, 0.3) is 17.7 Å². The van der Waals surface area contributed by atoms with Crippen LogP contribution in [0, 0.1) is 0 Å². The van der Waals surface area contributed by atoms with Crippen molar-refractivity contribution in [3.63, 3.8) is 0 Å². The molecule has 6 aliphatic rings. The summed E-state index contributed by atoms with van der Waals surface area (Å²) in [4.78, 5) is 100. The van der Waals surface area contributed by atoms with E-state index in [0.29, 0.717) is 25.8 Å². The second-order valence-electron chi connectivity index (χ2n) is 27.0.